The predicted molar refractivity (Wildman–Crippen MR) is 119 cm³/mol. The molecular formula is C25H18FN3O4. The van der Waals surface area contributed by atoms with Crippen molar-refractivity contribution in [2.75, 3.05) is 17.2 Å². The van der Waals surface area contributed by atoms with E-state index in [2.05, 4.69) is 10.6 Å². The highest BCUT2D eigenvalue weighted by molar-refractivity contribution is 6.32. The summed E-state index contributed by atoms with van der Waals surface area (Å²) in [5, 5.41) is 34.2. The maximum absolute atomic E-state index is 15.1. The number of benzene rings is 3. The van der Waals surface area contributed by atoms with Crippen LogP contribution in [0, 0.1) is 17.1 Å². The third-order valence-electron chi connectivity index (χ3n) is 5.21. The molecule has 0 radical (unpaired) electrons. The molecule has 3 aromatic carbocycles. The van der Waals surface area contributed by atoms with Gasteiger partial charge < -0.3 is 20.8 Å². The highest BCUT2D eigenvalue weighted by Crippen LogP contribution is 2.33. The Labute approximate surface area is 188 Å². The number of para-hydroxylation sites is 2. The molecular weight excluding hydrogens is 425 g/mol. The molecule has 0 saturated heterocycles. The Morgan fingerprint density at radius 1 is 0.970 bits per heavy atom. The third-order valence-corrected chi connectivity index (χ3v) is 5.21. The van der Waals surface area contributed by atoms with E-state index in [1.54, 1.807) is 24.3 Å². The molecule has 1 aliphatic rings. The smallest absolute Gasteiger partial charge is 0.203 e. The molecule has 164 valence electrons. The van der Waals surface area contributed by atoms with Crippen LogP contribution in [0.4, 0.5) is 15.8 Å². The molecule has 0 spiro atoms. The number of aliphatic hydroxyl groups is 2. The van der Waals surface area contributed by atoms with E-state index in [-0.39, 0.29) is 28.1 Å². The first-order valence-corrected chi connectivity index (χ1v) is 9.98. The van der Waals surface area contributed by atoms with Crippen molar-refractivity contribution >= 4 is 22.9 Å². The first-order chi connectivity index (χ1) is 15.9. The monoisotopic (exact) mass is 443 g/mol. The summed E-state index contributed by atoms with van der Waals surface area (Å²) in [6.07, 6.45) is -1.52. The molecule has 8 heteroatoms. The van der Waals surface area contributed by atoms with E-state index < -0.39 is 35.7 Å². The second-order valence-electron chi connectivity index (χ2n) is 7.30. The zero-order chi connectivity index (χ0) is 23.5. The maximum Gasteiger partial charge on any atom is 0.203 e. The van der Waals surface area contributed by atoms with Crippen LogP contribution in [0.3, 0.4) is 0 Å². The van der Waals surface area contributed by atoms with Crippen molar-refractivity contribution in [3.8, 4) is 6.07 Å². The van der Waals surface area contributed by atoms with E-state index >= 15 is 4.39 Å². The number of rotatable bonds is 6. The Balaban J connectivity index is 1.86. The largest absolute Gasteiger partial charge is 0.393 e. The van der Waals surface area contributed by atoms with Crippen LogP contribution < -0.4 is 10.6 Å². The Kier molecular flexibility index (Phi) is 6.00. The number of carbonyl (C=O) groups excluding carboxylic acids is 2. The molecule has 0 amide bonds. The molecule has 0 unspecified atom stereocenters. The molecule has 4 rings (SSSR count). The number of hydrogen-bond acceptors (Lipinski definition) is 7. The van der Waals surface area contributed by atoms with E-state index in [0.717, 1.165) is 0 Å². The van der Waals surface area contributed by atoms with Gasteiger partial charge >= 0.3 is 0 Å². The first-order valence-electron chi connectivity index (χ1n) is 9.98. The molecule has 0 aliphatic carbocycles. The van der Waals surface area contributed by atoms with E-state index in [4.69, 9.17) is 0 Å². The average Bonchev–Trinajstić information content (AvgIpc) is 3.27. The number of fused-ring (bicyclic) bond motifs is 1. The molecule has 0 aromatic heterocycles. The van der Waals surface area contributed by atoms with Crippen LogP contribution in [0.5, 0.6) is 0 Å². The fourth-order valence-electron chi connectivity index (χ4n) is 3.55. The van der Waals surface area contributed by atoms with Gasteiger partial charge in [-0.05, 0) is 30.3 Å². The molecule has 1 atom stereocenters. The molecule has 1 heterocycles. The number of halogens is 1. The number of carbonyl (C=O) groups is 2. The van der Waals surface area contributed by atoms with Gasteiger partial charge in [0, 0.05) is 11.1 Å². The fraction of sp³-hybridized carbons (Fsp3) is 0.0800. The number of aliphatic hydroxyl groups excluding tert-OH is 2. The standard InChI is InChI=1S/C25H18FN3O4/c26-22-16(20(31)13-30)7-4-8-17(22)24(33)21(23(32)15-6-3-5-14(11-15)12-27)25-28-18-9-1-2-10-19(18)29-25/h1-11,20,28-31H,13H2/t20-/m0/s1. The van der Waals surface area contributed by atoms with Gasteiger partial charge in [0.2, 0.25) is 11.6 Å². The van der Waals surface area contributed by atoms with Crippen molar-refractivity contribution in [3.05, 3.63) is 106 Å². The van der Waals surface area contributed by atoms with Gasteiger partial charge in [-0.1, -0.05) is 36.4 Å². The van der Waals surface area contributed by atoms with Crippen molar-refractivity contribution in [1.29, 1.82) is 5.26 Å². The number of nitrogens with one attached hydrogen (secondary N) is 2. The molecule has 33 heavy (non-hydrogen) atoms. The molecule has 0 fully saturated rings. The Bertz CT molecular complexity index is 1320. The number of nitriles is 1. The van der Waals surface area contributed by atoms with E-state index in [9.17, 15) is 25.1 Å². The van der Waals surface area contributed by atoms with Crippen molar-refractivity contribution < 1.29 is 24.2 Å². The van der Waals surface area contributed by atoms with Crippen molar-refractivity contribution in [2.45, 2.75) is 6.10 Å². The molecule has 7 nitrogen and oxygen atoms in total. The molecule has 0 bridgehead atoms. The zero-order valence-electron chi connectivity index (χ0n) is 17.2. The topological polar surface area (TPSA) is 122 Å². The quantitative estimate of drug-likeness (QED) is 0.199. The lowest BCUT2D eigenvalue weighted by atomic mass is 9.93. The highest BCUT2D eigenvalue weighted by atomic mass is 19.1. The summed E-state index contributed by atoms with van der Waals surface area (Å²) < 4.78 is 15.1. The van der Waals surface area contributed by atoms with Gasteiger partial charge in [0.1, 0.15) is 23.3 Å². The lowest BCUT2D eigenvalue weighted by molar-refractivity contribution is 0.0915. The van der Waals surface area contributed by atoms with E-state index in [1.807, 2.05) is 6.07 Å². The van der Waals surface area contributed by atoms with Gasteiger partial charge in [0.15, 0.2) is 0 Å². The van der Waals surface area contributed by atoms with Crippen LogP contribution >= 0.6 is 0 Å². The summed E-state index contributed by atoms with van der Waals surface area (Å²) in [7, 11) is 0. The van der Waals surface area contributed by atoms with Crippen LogP contribution in [0.15, 0.2) is 78.1 Å². The number of anilines is 2. The van der Waals surface area contributed by atoms with Crippen molar-refractivity contribution in [3.63, 3.8) is 0 Å². The number of hydrogen-bond donors (Lipinski definition) is 4. The zero-order valence-corrected chi connectivity index (χ0v) is 17.2. The molecule has 1 aliphatic heterocycles. The second kappa shape index (κ2) is 9.04. The summed E-state index contributed by atoms with van der Waals surface area (Å²) in [6, 6.07) is 18.6. The lowest BCUT2D eigenvalue weighted by Crippen LogP contribution is -2.22. The number of allylic oxidation sites excluding steroid dienone is 1. The first kappa shape index (κ1) is 21.9. The minimum atomic E-state index is -1.52. The van der Waals surface area contributed by atoms with E-state index in [1.165, 1.54) is 42.5 Å². The highest BCUT2D eigenvalue weighted by Gasteiger charge is 2.31. The fourth-order valence-corrected chi connectivity index (χ4v) is 3.55. The Morgan fingerprint density at radius 2 is 1.64 bits per heavy atom. The number of Topliss-reactive ketones (excluding diaryl/α,β-unsaturated/α-hetero) is 2. The van der Waals surface area contributed by atoms with Crippen molar-refractivity contribution in [2.24, 2.45) is 0 Å². The maximum atomic E-state index is 15.1. The minimum Gasteiger partial charge on any atom is -0.393 e. The van der Waals surface area contributed by atoms with Gasteiger partial charge in [-0.15, -0.1) is 0 Å². The molecule has 0 saturated carbocycles. The summed E-state index contributed by atoms with van der Waals surface area (Å²) in [5.74, 6) is -2.60. The van der Waals surface area contributed by atoms with Crippen LogP contribution in [0.2, 0.25) is 0 Å². The average molecular weight is 443 g/mol. The lowest BCUT2D eigenvalue weighted by Gasteiger charge is -2.14. The summed E-state index contributed by atoms with van der Waals surface area (Å²) in [5.41, 5.74) is 0.497. The SMILES string of the molecule is N#Cc1cccc(C(=O)C(C(=O)c2cccc([C@@H](O)CO)c2F)=C2Nc3ccccc3N2)c1. The van der Waals surface area contributed by atoms with Crippen LogP contribution in [-0.4, -0.2) is 28.4 Å². The number of nitrogens with zero attached hydrogens (tertiary/aromatic N) is 1. The Hall–Kier alpha value is -4.32. The third kappa shape index (κ3) is 4.11. The summed E-state index contributed by atoms with van der Waals surface area (Å²) >= 11 is 0. The second-order valence-corrected chi connectivity index (χ2v) is 7.30. The van der Waals surface area contributed by atoms with Gasteiger partial charge in [0.05, 0.1) is 35.2 Å². The predicted octanol–water partition coefficient (Wildman–Crippen LogP) is 3.54. The van der Waals surface area contributed by atoms with Crippen LogP contribution in [0.25, 0.3) is 0 Å². The molecule has 3 aromatic rings. The van der Waals surface area contributed by atoms with Crippen LogP contribution in [0.1, 0.15) is 37.9 Å². The number of ketones is 2. The summed E-state index contributed by atoms with van der Waals surface area (Å²) in [6.45, 7) is -0.735. The van der Waals surface area contributed by atoms with Gasteiger partial charge in [-0.25, -0.2) is 4.39 Å². The van der Waals surface area contributed by atoms with E-state index in [0.29, 0.717) is 11.4 Å². The van der Waals surface area contributed by atoms with Gasteiger partial charge in [0.25, 0.3) is 0 Å². The van der Waals surface area contributed by atoms with Gasteiger partial charge in [-0.2, -0.15) is 5.26 Å². The van der Waals surface area contributed by atoms with Gasteiger partial charge in [-0.3, -0.25) is 9.59 Å². The molecule has 4 N–H and O–H groups in total. The van der Waals surface area contributed by atoms with Crippen molar-refractivity contribution in [1.82, 2.24) is 0 Å². The minimum absolute atomic E-state index is 0.0704. The normalized spacial score (nSPS) is 12.7. The van der Waals surface area contributed by atoms with Crippen LogP contribution in [-0.2, 0) is 0 Å². The summed E-state index contributed by atoms with van der Waals surface area (Å²) in [4.78, 5) is 27.0. The Morgan fingerprint density at radius 3 is 2.27 bits per heavy atom.